The highest BCUT2D eigenvalue weighted by atomic mass is 35.5. The third-order valence-corrected chi connectivity index (χ3v) is 4.53. The number of rotatable bonds is 3. The minimum atomic E-state index is 0.612. The number of anilines is 2. The molecule has 0 spiro atoms. The van der Waals surface area contributed by atoms with Gasteiger partial charge in [0.05, 0.1) is 10.5 Å². The van der Waals surface area contributed by atoms with E-state index in [2.05, 4.69) is 37.4 Å². The summed E-state index contributed by atoms with van der Waals surface area (Å²) >= 11 is 6.36. The second-order valence-corrected chi connectivity index (χ2v) is 6.80. The largest absolute Gasteiger partial charge is 0.340 e. The predicted octanol–water partition coefficient (Wildman–Crippen LogP) is 6.31. The predicted molar refractivity (Wildman–Crippen MR) is 109 cm³/mol. The van der Waals surface area contributed by atoms with E-state index in [-0.39, 0.29) is 0 Å². The molecule has 0 amide bonds. The summed E-state index contributed by atoms with van der Waals surface area (Å²) in [5.74, 6) is 1.39. The van der Waals surface area contributed by atoms with Crippen molar-refractivity contribution in [1.29, 1.82) is 0 Å². The Balaban J connectivity index is 1.89. The van der Waals surface area contributed by atoms with Gasteiger partial charge in [-0.05, 0) is 61.4 Å². The molecule has 0 fully saturated rings. The van der Waals surface area contributed by atoms with Gasteiger partial charge in [0.2, 0.25) is 0 Å². The molecule has 1 aromatic heterocycles. The number of aromatic nitrogens is 2. The Labute approximate surface area is 157 Å². The van der Waals surface area contributed by atoms with Gasteiger partial charge in [0.15, 0.2) is 5.82 Å². The minimum Gasteiger partial charge on any atom is -0.340 e. The Morgan fingerprint density at radius 3 is 2.27 bits per heavy atom. The van der Waals surface area contributed by atoms with Crippen LogP contribution in [0.2, 0.25) is 5.02 Å². The quantitative estimate of drug-likeness (QED) is 0.465. The zero-order valence-corrected chi connectivity index (χ0v) is 15.4. The van der Waals surface area contributed by atoms with Crippen molar-refractivity contribution in [3.05, 3.63) is 82.9 Å². The number of fused-ring (bicyclic) bond motifs is 1. The molecule has 0 radical (unpaired) electrons. The lowest BCUT2D eigenvalue weighted by molar-refractivity contribution is 1.22. The second kappa shape index (κ2) is 6.77. The van der Waals surface area contributed by atoms with Gasteiger partial charge in [-0.15, -0.1) is 0 Å². The van der Waals surface area contributed by atoms with Crippen LogP contribution in [0.3, 0.4) is 0 Å². The molecule has 1 N–H and O–H groups in total. The highest BCUT2D eigenvalue weighted by Crippen LogP contribution is 2.30. The molecule has 3 aromatic carbocycles. The monoisotopic (exact) mass is 359 g/mol. The third-order valence-electron chi connectivity index (χ3n) is 4.20. The van der Waals surface area contributed by atoms with Crippen LogP contribution in [0, 0.1) is 13.8 Å². The fourth-order valence-corrected chi connectivity index (χ4v) is 3.34. The zero-order chi connectivity index (χ0) is 18.1. The maximum atomic E-state index is 6.36. The van der Waals surface area contributed by atoms with Crippen LogP contribution >= 0.6 is 11.6 Å². The average molecular weight is 360 g/mol. The molecule has 0 saturated heterocycles. The summed E-state index contributed by atoms with van der Waals surface area (Å²) in [7, 11) is 0. The van der Waals surface area contributed by atoms with E-state index in [1.807, 2.05) is 48.5 Å². The number of para-hydroxylation sites is 1. The highest BCUT2D eigenvalue weighted by Gasteiger charge is 2.12. The van der Waals surface area contributed by atoms with Crippen LogP contribution in [0.15, 0.2) is 66.7 Å². The van der Waals surface area contributed by atoms with Gasteiger partial charge in [-0.2, -0.15) is 0 Å². The summed E-state index contributed by atoms with van der Waals surface area (Å²) in [6.07, 6.45) is 0. The van der Waals surface area contributed by atoms with Crippen molar-refractivity contribution in [2.75, 3.05) is 5.32 Å². The minimum absolute atomic E-state index is 0.612. The summed E-state index contributed by atoms with van der Waals surface area (Å²) in [5.41, 5.74) is 5.12. The van der Waals surface area contributed by atoms with Crippen molar-refractivity contribution in [2.24, 2.45) is 0 Å². The molecule has 0 aliphatic rings. The SMILES string of the molecule is Cc1cc(C)cc(Nc2nc(-c3ccccc3Cl)nc3ccccc23)c1. The lowest BCUT2D eigenvalue weighted by Gasteiger charge is -2.12. The zero-order valence-electron chi connectivity index (χ0n) is 14.6. The van der Waals surface area contributed by atoms with Gasteiger partial charge >= 0.3 is 0 Å². The van der Waals surface area contributed by atoms with Crippen LogP contribution < -0.4 is 5.32 Å². The van der Waals surface area contributed by atoms with Gasteiger partial charge in [0, 0.05) is 16.6 Å². The van der Waals surface area contributed by atoms with Gasteiger partial charge in [-0.1, -0.05) is 41.9 Å². The number of nitrogens with zero attached hydrogens (tertiary/aromatic N) is 2. The second-order valence-electron chi connectivity index (χ2n) is 6.39. The Morgan fingerprint density at radius 2 is 1.50 bits per heavy atom. The van der Waals surface area contributed by atoms with E-state index in [1.54, 1.807) is 0 Å². The summed E-state index contributed by atoms with van der Waals surface area (Å²) in [6.45, 7) is 4.18. The van der Waals surface area contributed by atoms with Gasteiger partial charge in [-0.3, -0.25) is 0 Å². The molecule has 1 heterocycles. The topological polar surface area (TPSA) is 37.8 Å². The number of hydrogen-bond acceptors (Lipinski definition) is 3. The fourth-order valence-electron chi connectivity index (χ4n) is 3.12. The van der Waals surface area contributed by atoms with E-state index in [0.717, 1.165) is 28.0 Å². The molecule has 0 aliphatic heterocycles. The molecule has 0 aliphatic carbocycles. The Morgan fingerprint density at radius 1 is 0.808 bits per heavy atom. The molecule has 0 unspecified atom stereocenters. The lowest BCUT2D eigenvalue weighted by Crippen LogP contribution is -2.00. The molecule has 0 atom stereocenters. The van der Waals surface area contributed by atoms with Crippen LogP contribution in [0.4, 0.5) is 11.5 Å². The molecular formula is C22H18ClN3. The number of nitrogens with one attached hydrogen (secondary N) is 1. The Bertz CT molecular complexity index is 1090. The first-order valence-electron chi connectivity index (χ1n) is 8.47. The van der Waals surface area contributed by atoms with E-state index in [0.29, 0.717) is 10.8 Å². The van der Waals surface area contributed by atoms with Crippen molar-refractivity contribution >= 4 is 34.0 Å². The third kappa shape index (κ3) is 3.26. The number of aryl methyl sites for hydroxylation is 2. The van der Waals surface area contributed by atoms with Crippen LogP contribution in [-0.4, -0.2) is 9.97 Å². The Kier molecular flexibility index (Phi) is 4.31. The molecule has 4 rings (SSSR count). The molecule has 0 bridgehead atoms. The van der Waals surface area contributed by atoms with E-state index in [4.69, 9.17) is 21.6 Å². The van der Waals surface area contributed by atoms with Crippen molar-refractivity contribution in [3.63, 3.8) is 0 Å². The smallest absolute Gasteiger partial charge is 0.163 e. The molecular weight excluding hydrogens is 342 g/mol. The van der Waals surface area contributed by atoms with Gasteiger partial charge < -0.3 is 5.32 Å². The first-order chi connectivity index (χ1) is 12.6. The molecule has 4 aromatic rings. The van der Waals surface area contributed by atoms with Crippen LogP contribution in [-0.2, 0) is 0 Å². The number of benzene rings is 3. The van der Waals surface area contributed by atoms with E-state index >= 15 is 0 Å². The van der Waals surface area contributed by atoms with Crippen molar-refractivity contribution in [1.82, 2.24) is 9.97 Å². The molecule has 0 saturated carbocycles. The van der Waals surface area contributed by atoms with Crippen LogP contribution in [0.25, 0.3) is 22.3 Å². The highest BCUT2D eigenvalue weighted by molar-refractivity contribution is 6.33. The van der Waals surface area contributed by atoms with E-state index < -0.39 is 0 Å². The number of halogens is 1. The lowest BCUT2D eigenvalue weighted by atomic mass is 10.1. The molecule has 128 valence electrons. The number of hydrogen-bond donors (Lipinski definition) is 1. The van der Waals surface area contributed by atoms with Crippen molar-refractivity contribution < 1.29 is 0 Å². The summed E-state index contributed by atoms with van der Waals surface area (Å²) < 4.78 is 0. The van der Waals surface area contributed by atoms with E-state index in [1.165, 1.54) is 11.1 Å². The maximum Gasteiger partial charge on any atom is 0.163 e. The molecule has 3 nitrogen and oxygen atoms in total. The van der Waals surface area contributed by atoms with Crippen molar-refractivity contribution in [2.45, 2.75) is 13.8 Å². The summed E-state index contributed by atoms with van der Waals surface area (Å²) in [5, 5.41) is 5.08. The fraction of sp³-hybridized carbons (Fsp3) is 0.0909. The maximum absolute atomic E-state index is 6.36. The van der Waals surface area contributed by atoms with E-state index in [9.17, 15) is 0 Å². The summed E-state index contributed by atoms with van der Waals surface area (Å²) in [4.78, 5) is 9.49. The molecule has 26 heavy (non-hydrogen) atoms. The first-order valence-corrected chi connectivity index (χ1v) is 8.85. The average Bonchev–Trinajstić information content (AvgIpc) is 2.61. The standard InChI is InChI=1S/C22H18ClN3/c1-14-11-15(2)13-16(12-14)24-22-18-8-4-6-10-20(18)25-21(26-22)17-7-3-5-9-19(17)23/h3-13H,1-2H3,(H,24,25,26). The first kappa shape index (κ1) is 16.6. The van der Waals surface area contributed by atoms with Crippen molar-refractivity contribution in [3.8, 4) is 11.4 Å². The van der Waals surface area contributed by atoms with Gasteiger partial charge in [0.1, 0.15) is 5.82 Å². The van der Waals surface area contributed by atoms with Gasteiger partial charge in [-0.25, -0.2) is 9.97 Å². The van der Waals surface area contributed by atoms with Crippen LogP contribution in [0.1, 0.15) is 11.1 Å². The summed E-state index contributed by atoms with van der Waals surface area (Å²) in [6, 6.07) is 22.0. The Hall–Kier alpha value is -2.91. The van der Waals surface area contributed by atoms with Gasteiger partial charge in [0.25, 0.3) is 0 Å². The molecule has 4 heteroatoms. The normalized spacial score (nSPS) is 10.9. The van der Waals surface area contributed by atoms with Crippen LogP contribution in [0.5, 0.6) is 0 Å².